The van der Waals surface area contributed by atoms with Crippen molar-refractivity contribution in [3.05, 3.63) is 65.7 Å². The summed E-state index contributed by atoms with van der Waals surface area (Å²) in [6.07, 6.45) is 2.94. The largest absolute Gasteiger partial charge is 0.197 e. The smallest absolute Gasteiger partial charge is 0.0836 e. The van der Waals surface area contributed by atoms with E-state index in [1.54, 1.807) is 0 Å². The van der Waals surface area contributed by atoms with Crippen molar-refractivity contribution in [3.8, 4) is 6.07 Å². The molecule has 0 spiro atoms. The number of aryl methyl sites for hydroxylation is 1. The zero-order valence-corrected chi connectivity index (χ0v) is 12.2. The lowest BCUT2D eigenvalue weighted by Crippen LogP contribution is -2.21. The number of hydrogen-bond donors (Lipinski definition) is 0. The molecule has 0 fully saturated rings. The molecule has 1 atom stereocenters. The first-order valence-corrected chi connectivity index (χ1v) is 8.00. The lowest BCUT2D eigenvalue weighted by Gasteiger charge is -2.21. The molecule has 100 valence electrons. The maximum Gasteiger partial charge on any atom is 0.0836 e. The third-order valence-corrected chi connectivity index (χ3v) is 5.12. The standard InChI is InChI=1S/C18H17NS/c19-14-18(11-10-15-6-4-5-9-17(15)18)12-13-20-16-7-2-1-3-8-16/h1-9H,10-13H2. The van der Waals surface area contributed by atoms with E-state index in [2.05, 4.69) is 54.6 Å². The Hall–Kier alpha value is -1.72. The summed E-state index contributed by atoms with van der Waals surface area (Å²) in [6, 6.07) is 21.5. The van der Waals surface area contributed by atoms with Gasteiger partial charge in [-0.05, 0) is 48.3 Å². The van der Waals surface area contributed by atoms with Gasteiger partial charge in [0.1, 0.15) is 0 Å². The van der Waals surface area contributed by atoms with Gasteiger partial charge in [-0.3, -0.25) is 0 Å². The molecule has 0 heterocycles. The number of rotatable bonds is 4. The minimum Gasteiger partial charge on any atom is -0.197 e. The summed E-state index contributed by atoms with van der Waals surface area (Å²) in [5, 5.41) is 9.70. The van der Waals surface area contributed by atoms with Crippen LogP contribution in [-0.2, 0) is 11.8 Å². The summed E-state index contributed by atoms with van der Waals surface area (Å²) >= 11 is 1.84. The number of nitriles is 1. The molecule has 0 radical (unpaired) electrons. The number of nitrogens with zero attached hydrogens (tertiary/aromatic N) is 1. The highest BCUT2D eigenvalue weighted by molar-refractivity contribution is 7.99. The average Bonchev–Trinajstić information content (AvgIpc) is 2.88. The first-order chi connectivity index (χ1) is 9.84. The van der Waals surface area contributed by atoms with Crippen LogP contribution in [0.25, 0.3) is 0 Å². The SMILES string of the molecule is N#CC1(CCSc2ccccc2)CCc2ccccc21. The van der Waals surface area contributed by atoms with Crippen molar-refractivity contribution in [2.45, 2.75) is 29.6 Å². The molecule has 0 amide bonds. The summed E-state index contributed by atoms with van der Waals surface area (Å²) in [4.78, 5) is 1.28. The Balaban J connectivity index is 1.71. The van der Waals surface area contributed by atoms with E-state index in [-0.39, 0.29) is 5.41 Å². The molecule has 0 N–H and O–H groups in total. The van der Waals surface area contributed by atoms with Gasteiger partial charge in [0.15, 0.2) is 0 Å². The molecular formula is C18H17NS. The summed E-state index contributed by atoms with van der Waals surface area (Å²) in [6.45, 7) is 0. The van der Waals surface area contributed by atoms with E-state index in [1.165, 1.54) is 16.0 Å². The second-order valence-electron chi connectivity index (χ2n) is 5.26. The van der Waals surface area contributed by atoms with Gasteiger partial charge in [-0.25, -0.2) is 0 Å². The van der Waals surface area contributed by atoms with E-state index in [0.29, 0.717) is 0 Å². The topological polar surface area (TPSA) is 23.8 Å². The van der Waals surface area contributed by atoms with Crippen LogP contribution in [0.15, 0.2) is 59.5 Å². The molecule has 0 saturated carbocycles. The Bertz CT molecular complexity index is 629. The monoisotopic (exact) mass is 279 g/mol. The second-order valence-corrected chi connectivity index (χ2v) is 6.43. The van der Waals surface area contributed by atoms with Crippen LogP contribution in [0.2, 0.25) is 0 Å². The molecule has 2 heteroatoms. The number of fused-ring (bicyclic) bond motifs is 1. The Kier molecular flexibility index (Phi) is 3.80. The van der Waals surface area contributed by atoms with Crippen LogP contribution in [0.4, 0.5) is 0 Å². The molecule has 2 aromatic rings. The Morgan fingerprint density at radius 1 is 1.05 bits per heavy atom. The van der Waals surface area contributed by atoms with Crippen molar-refractivity contribution in [3.63, 3.8) is 0 Å². The van der Waals surface area contributed by atoms with Crippen molar-refractivity contribution < 1.29 is 0 Å². The molecule has 1 aliphatic rings. The lowest BCUT2D eigenvalue weighted by molar-refractivity contribution is 0.530. The third kappa shape index (κ3) is 2.46. The highest BCUT2D eigenvalue weighted by Crippen LogP contribution is 2.42. The van der Waals surface area contributed by atoms with Gasteiger partial charge < -0.3 is 0 Å². The van der Waals surface area contributed by atoms with Crippen molar-refractivity contribution in [2.24, 2.45) is 0 Å². The van der Waals surface area contributed by atoms with Crippen LogP contribution >= 0.6 is 11.8 Å². The zero-order chi connectivity index (χ0) is 13.8. The van der Waals surface area contributed by atoms with Gasteiger partial charge in [0.25, 0.3) is 0 Å². The van der Waals surface area contributed by atoms with Crippen LogP contribution in [0.1, 0.15) is 24.0 Å². The van der Waals surface area contributed by atoms with Crippen molar-refractivity contribution in [1.82, 2.24) is 0 Å². The van der Waals surface area contributed by atoms with E-state index in [9.17, 15) is 5.26 Å². The molecule has 20 heavy (non-hydrogen) atoms. The van der Waals surface area contributed by atoms with E-state index < -0.39 is 0 Å². The maximum atomic E-state index is 9.70. The fourth-order valence-electron chi connectivity index (χ4n) is 2.98. The van der Waals surface area contributed by atoms with Gasteiger partial charge in [-0.1, -0.05) is 42.5 Å². The van der Waals surface area contributed by atoms with Gasteiger partial charge in [0.05, 0.1) is 11.5 Å². The van der Waals surface area contributed by atoms with Crippen molar-refractivity contribution in [1.29, 1.82) is 5.26 Å². The minimum atomic E-state index is -0.266. The predicted octanol–water partition coefficient (Wildman–Crippen LogP) is 4.58. The molecular weight excluding hydrogens is 262 g/mol. The van der Waals surface area contributed by atoms with Crippen LogP contribution < -0.4 is 0 Å². The molecule has 1 nitrogen and oxygen atoms in total. The molecule has 1 aliphatic carbocycles. The Labute approximate surface area is 124 Å². The Morgan fingerprint density at radius 3 is 2.60 bits per heavy atom. The highest BCUT2D eigenvalue weighted by atomic mass is 32.2. The van der Waals surface area contributed by atoms with Gasteiger partial charge in [0, 0.05) is 4.90 Å². The van der Waals surface area contributed by atoms with Crippen LogP contribution in [0.3, 0.4) is 0 Å². The summed E-state index contributed by atoms with van der Waals surface area (Å²) in [7, 11) is 0. The fraction of sp³-hybridized carbons (Fsp3) is 0.278. The molecule has 0 bridgehead atoms. The van der Waals surface area contributed by atoms with Gasteiger partial charge in [-0.15, -0.1) is 11.8 Å². The molecule has 0 aromatic heterocycles. The molecule has 3 rings (SSSR count). The quantitative estimate of drug-likeness (QED) is 0.765. The van der Waals surface area contributed by atoms with Gasteiger partial charge >= 0.3 is 0 Å². The fourth-order valence-corrected chi connectivity index (χ4v) is 4.02. The summed E-state index contributed by atoms with van der Waals surface area (Å²) in [5.74, 6) is 0.992. The van der Waals surface area contributed by atoms with Crippen LogP contribution in [-0.4, -0.2) is 5.75 Å². The number of hydrogen-bond acceptors (Lipinski definition) is 2. The van der Waals surface area contributed by atoms with Crippen LogP contribution in [0, 0.1) is 11.3 Å². The minimum absolute atomic E-state index is 0.266. The van der Waals surface area contributed by atoms with E-state index in [1.807, 2.05) is 17.8 Å². The first-order valence-electron chi connectivity index (χ1n) is 7.02. The lowest BCUT2D eigenvalue weighted by atomic mass is 9.81. The second kappa shape index (κ2) is 5.73. The number of thioether (sulfide) groups is 1. The normalized spacial score (nSPS) is 20.4. The van der Waals surface area contributed by atoms with E-state index >= 15 is 0 Å². The number of benzene rings is 2. The van der Waals surface area contributed by atoms with Gasteiger partial charge in [0.2, 0.25) is 0 Å². The zero-order valence-electron chi connectivity index (χ0n) is 11.4. The third-order valence-electron chi connectivity index (χ3n) is 4.11. The average molecular weight is 279 g/mol. The van der Waals surface area contributed by atoms with E-state index in [4.69, 9.17) is 0 Å². The molecule has 0 saturated heterocycles. The van der Waals surface area contributed by atoms with Crippen LogP contribution in [0.5, 0.6) is 0 Å². The maximum absolute atomic E-state index is 9.70. The molecule has 0 aliphatic heterocycles. The van der Waals surface area contributed by atoms with Crippen molar-refractivity contribution in [2.75, 3.05) is 5.75 Å². The van der Waals surface area contributed by atoms with Crippen molar-refractivity contribution >= 4 is 11.8 Å². The summed E-state index contributed by atoms with van der Waals surface area (Å²) in [5.41, 5.74) is 2.35. The molecule has 1 unspecified atom stereocenters. The molecule has 2 aromatic carbocycles. The highest BCUT2D eigenvalue weighted by Gasteiger charge is 2.38. The van der Waals surface area contributed by atoms with E-state index in [0.717, 1.165) is 25.0 Å². The van der Waals surface area contributed by atoms with Gasteiger partial charge in [-0.2, -0.15) is 5.26 Å². The Morgan fingerprint density at radius 2 is 1.80 bits per heavy atom. The first kappa shape index (κ1) is 13.3. The predicted molar refractivity (Wildman–Crippen MR) is 83.8 cm³/mol. The summed E-state index contributed by atoms with van der Waals surface area (Å²) < 4.78 is 0.